The van der Waals surface area contributed by atoms with E-state index in [1.54, 1.807) is 25.6 Å². The van der Waals surface area contributed by atoms with Gasteiger partial charge in [0.1, 0.15) is 17.2 Å². The molecule has 8 nitrogen and oxygen atoms in total. The highest BCUT2D eigenvalue weighted by molar-refractivity contribution is 7.91. The minimum Gasteiger partial charge on any atom is -0.324 e. The third kappa shape index (κ3) is 3.91. The lowest BCUT2D eigenvalue weighted by Gasteiger charge is -2.12. The number of aryl methyl sites for hydroxylation is 2. The van der Waals surface area contributed by atoms with Crippen LogP contribution in [-0.4, -0.2) is 38.3 Å². The van der Waals surface area contributed by atoms with Gasteiger partial charge in [-0.25, -0.2) is 18.4 Å². The van der Waals surface area contributed by atoms with E-state index in [0.29, 0.717) is 11.3 Å². The predicted molar refractivity (Wildman–Crippen MR) is 135 cm³/mol. The number of imidazole rings is 2. The van der Waals surface area contributed by atoms with E-state index in [1.165, 1.54) is 16.8 Å². The van der Waals surface area contributed by atoms with Gasteiger partial charge in [0.15, 0.2) is 20.7 Å². The molecule has 0 unspecified atom stereocenters. The van der Waals surface area contributed by atoms with Crippen LogP contribution in [0, 0.1) is 18.3 Å². The van der Waals surface area contributed by atoms with Crippen molar-refractivity contribution in [1.82, 2.24) is 24.1 Å². The maximum atomic E-state index is 13.9. The Morgan fingerprint density at radius 1 is 1.14 bits per heavy atom. The SMILES string of the molecule is CCS(=O)(=O)c1c(-c2nc3cc(C(C)(F)F)ncc3n2C)nc(-c2ccc(C3(C#N)CC3)cc2C)n1C. The molecule has 3 aromatic heterocycles. The zero-order valence-corrected chi connectivity index (χ0v) is 22.0. The van der Waals surface area contributed by atoms with Crippen LogP contribution in [0.3, 0.4) is 0 Å². The number of rotatable bonds is 6. The number of fused-ring (bicyclic) bond motifs is 1. The summed E-state index contributed by atoms with van der Waals surface area (Å²) < 4.78 is 57.4. The summed E-state index contributed by atoms with van der Waals surface area (Å²) in [6, 6.07) is 9.33. The van der Waals surface area contributed by atoms with E-state index in [0.717, 1.165) is 36.5 Å². The molecule has 0 saturated heterocycles. The maximum absolute atomic E-state index is 13.9. The quantitative estimate of drug-likeness (QED) is 0.359. The van der Waals surface area contributed by atoms with E-state index in [4.69, 9.17) is 4.98 Å². The molecule has 0 N–H and O–H groups in total. The van der Waals surface area contributed by atoms with Crippen molar-refractivity contribution in [3.05, 3.63) is 47.3 Å². The Hall–Kier alpha value is -3.65. The van der Waals surface area contributed by atoms with Crippen LogP contribution in [0.15, 0.2) is 35.5 Å². The fourth-order valence-electron chi connectivity index (χ4n) is 4.71. The molecule has 0 amide bonds. The smallest absolute Gasteiger partial charge is 0.287 e. The lowest BCUT2D eigenvalue weighted by Crippen LogP contribution is -2.12. The molecule has 0 radical (unpaired) electrons. The van der Waals surface area contributed by atoms with Gasteiger partial charge in [-0.2, -0.15) is 14.0 Å². The molecule has 1 fully saturated rings. The Bertz CT molecular complexity index is 1720. The van der Waals surface area contributed by atoms with Crippen molar-refractivity contribution >= 4 is 20.9 Å². The molecule has 37 heavy (non-hydrogen) atoms. The molecule has 1 aliphatic rings. The molecule has 1 aromatic carbocycles. The maximum Gasteiger partial charge on any atom is 0.287 e. The lowest BCUT2D eigenvalue weighted by atomic mass is 9.94. The van der Waals surface area contributed by atoms with Crippen LogP contribution in [0.2, 0.25) is 0 Å². The number of halogens is 2. The third-order valence-electron chi connectivity index (χ3n) is 7.13. The molecule has 3 heterocycles. The number of benzene rings is 1. The Balaban J connectivity index is 1.73. The number of sulfone groups is 1. The molecule has 0 atom stereocenters. The minimum atomic E-state index is -3.75. The van der Waals surface area contributed by atoms with Crippen LogP contribution in [0.5, 0.6) is 0 Å². The lowest BCUT2D eigenvalue weighted by molar-refractivity contribution is 0.0129. The van der Waals surface area contributed by atoms with E-state index in [2.05, 4.69) is 16.0 Å². The average Bonchev–Trinajstić information content (AvgIpc) is 3.48. The van der Waals surface area contributed by atoms with Crippen molar-refractivity contribution < 1.29 is 17.2 Å². The molecule has 1 saturated carbocycles. The number of nitrogens with zero attached hydrogens (tertiary/aromatic N) is 6. The number of hydrogen-bond acceptors (Lipinski definition) is 6. The first-order valence-corrected chi connectivity index (χ1v) is 13.5. The summed E-state index contributed by atoms with van der Waals surface area (Å²) in [5.74, 6) is -2.63. The van der Waals surface area contributed by atoms with Crippen LogP contribution in [0.25, 0.3) is 33.9 Å². The molecule has 1 aliphatic carbocycles. The third-order valence-corrected chi connectivity index (χ3v) is 8.95. The molecule has 0 spiro atoms. The van der Waals surface area contributed by atoms with Crippen molar-refractivity contribution in [2.45, 2.75) is 50.0 Å². The molecule has 192 valence electrons. The molecule has 0 bridgehead atoms. The molecular weight excluding hydrogens is 498 g/mol. The van der Waals surface area contributed by atoms with Gasteiger partial charge >= 0.3 is 0 Å². The van der Waals surface area contributed by atoms with Crippen LogP contribution >= 0.6 is 0 Å². The van der Waals surface area contributed by atoms with Crippen molar-refractivity contribution in [2.75, 3.05) is 5.75 Å². The van der Waals surface area contributed by atoms with Gasteiger partial charge in [-0.15, -0.1) is 0 Å². The molecular formula is C26H26F2N6O2S. The molecule has 4 aromatic rings. The first-order valence-electron chi connectivity index (χ1n) is 11.9. The summed E-state index contributed by atoms with van der Waals surface area (Å²) in [5.41, 5.74) is 2.55. The molecule has 11 heteroatoms. The summed E-state index contributed by atoms with van der Waals surface area (Å²) in [4.78, 5) is 13.1. The number of alkyl halides is 2. The van der Waals surface area contributed by atoms with E-state index >= 15 is 0 Å². The number of hydrogen-bond donors (Lipinski definition) is 0. The summed E-state index contributed by atoms with van der Waals surface area (Å²) in [7, 11) is -0.442. The zero-order valence-electron chi connectivity index (χ0n) is 21.2. The Labute approximate surface area is 213 Å². The van der Waals surface area contributed by atoms with Crippen LogP contribution in [-0.2, 0) is 35.3 Å². The van der Waals surface area contributed by atoms with Gasteiger partial charge < -0.3 is 9.13 Å². The number of nitriles is 1. The standard InChI is InChI=1S/C26H26F2N6O2S/c1-6-37(35,36)24-21(23-31-18-12-20(25(3,27)28)30-13-19(18)33(23)4)32-22(34(24)5)17-8-7-16(11-15(17)2)26(14-29)9-10-26/h7-8,11-13H,6,9-10H2,1-5H3. The van der Waals surface area contributed by atoms with E-state index in [9.17, 15) is 22.5 Å². The molecule has 5 rings (SSSR count). The van der Waals surface area contributed by atoms with Gasteiger partial charge in [0, 0.05) is 26.6 Å². The highest BCUT2D eigenvalue weighted by Gasteiger charge is 2.45. The number of pyridine rings is 1. The Morgan fingerprint density at radius 2 is 1.84 bits per heavy atom. The van der Waals surface area contributed by atoms with Crippen molar-refractivity contribution in [2.24, 2.45) is 14.1 Å². The Kier molecular flexibility index (Phi) is 5.53. The van der Waals surface area contributed by atoms with Gasteiger partial charge in [0.25, 0.3) is 5.92 Å². The van der Waals surface area contributed by atoms with Crippen molar-refractivity contribution in [1.29, 1.82) is 5.26 Å². The van der Waals surface area contributed by atoms with Gasteiger partial charge in [0.2, 0.25) is 0 Å². The summed E-state index contributed by atoms with van der Waals surface area (Å²) in [6.07, 6.45) is 2.95. The van der Waals surface area contributed by atoms with E-state index in [1.807, 2.05) is 25.1 Å². The highest BCUT2D eigenvalue weighted by atomic mass is 32.2. The monoisotopic (exact) mass is 524 g/mol. The van der Waals surface area contributed by atoms with Crippen LogP contribution in [0.1, 0.15) is 43.5 Å². The van der Waals surface area contributed by atoms with Gasteiger partial charge in [-0.1, -0.05) is 25.1 Å². The van der Waals surface area contributed by atoms with Crippen LogP contribution in [0.4, 0.5) is 8.78 Å². The van der Waals surface area contributed by atoms with Gasteiger partial charge in [-0.3, -0.25) is 4.98 Å². The van der Waals surface area contributed by atoms with Crippen molar-refractivity contribution in [3.63, 3.8) is 0 Å². The first kappa shape index (κ1) is 25.0. The van der Waals surface area contributed by atoms with Gasteiger partial charge in [0.05, 0.1) is 34.5 Å². The normalized spacial score (nSPS) is 15.2. The second kappa shape index (κ2) is 8.18. The summed E-state index contributed by atoms with van der Waals surface area (Å²) in [6.45, 7) is 4.22. The van der Waals surface area contributed by atoms with Crippen LogP contribution < -0.4 is 0 Å². The summed E-state index contributed by atoms with van der Waals surface area (Å²) >= 11 is 0. The predicted octanol–water partition coefficient (Wildman–Crippen LogP) is 4.80. The van der Waals surface area contributed by atoms with E-state index in [-0.39, 0.29) is 27.8 Å². The van der Waals surface area contributed by atoms with Gasteiger partial charge in [-0.05, 0) is 37.0 Å². The second-order valence-corrected chi connectivity index (χ2v) is 11.9. The fraction of sp³-hybridized carbons (Fsp3) is 0.385. The molecule has 0 aliphatic heterocycles. The zero-order chi connectivity index (χ0) is 26.9. The second-order valence-electron chi connectivity index (χ2n) is 9.72. The largest absolute Gasteiger partial charge is 0.324 e. The van der Waals surface area contributed by atoms with Crippen molar-refractivity contribution in [3.8, 4) is 29.0 Å². The number of aromatic nitrogens is 5. The van der Waals surface area contributed by atoms with E-state index < -0.39 is 26.9 Å². The average molecular weight is 525 g/mol. The topological polar surface area (TPSA) is 106 Å². The Morgan fingerprint density at radius 3 is 2.41 bits per heavy atom. The summed E-state index contributed by atoms with van der Waals surface area (Å²) in [5, 5.41) is 9.57. The highest BCUT2D eigenvalue weighted by Crippen LogP contribution is 2.48. The first-order chi connectivity index (χ1) is 17.3. The minimum absolute atomic E-state index is 0.00317. The fourth-order valence-corrected chi connectivity index (χ4v) is 5.91.